The topological polar surface area (TPSA) is 50.6 Å². The van der Waals surface area contributed by atoms with Crippen molar-refractivity contribution >= 4 is 5.91 Å². The standard InChI is InChI=1S/C20H28N4O2/c1-16-5-4-6-18(13-16)14-24-10-9-23(17(2)20(24)25)15-19-21-7-8-22(19)11-12-26-3/h4-8,13,17H,9-12,14-15H2,1-3H3. The molecule has 6 nitrogen and oxygen atoms in total. The van der Waals surface area contributed by atoms with Gasteiger partial charge in [-0.05, 0) is 19.4 Å². The van der Waals surface area contributed by atoms with E-state index in [9.17, 15) is 4.79 Å². The molecule has 0 bridgehead atoms. The van der Waals surface area contributed by atoms with E-state index in [0.717, 1.165) is 25.5 Å². The largest absolute Gasteiger partial charge is 0.383 e. The predicted molar refractivity (Wildman–Crippen MR) is 101 cm³/mol. The Morgan fingerprint density at radius 1 is 1.27 bits per heavy atom. The third kappa shape index (κ3) is 4.31. The molecule has 1 fully saturated rings. The second-order valence-electron chi connectivity index (χ2n) is 6.92. The highest BCUT2D eigenvalue weighted by molar-refractivity contribution is 5.82. The minimum Gasteiger partial charge on any atom is -0.383 e. The van der Waals surface area contributed by atoms with Crippen LogP contribution in [-0.2, 0) is 29.2 Å². The monoisotopic (exact) mass is 356 g/mol. The Kier molecular flexibility index (Phi) is 6.06. The van der Waals surface area contributed by atoms with Gasteiger partial charge in [-0.25, -0.2) is 4.98 Å². The van der Waals surface area contributed by atoms with Crippen molar-refractivity contribution < 1.29 is 9.53 Å². The number of aromatic nitrogens is 2. The number of ether oxygens (including phenoxy) is 1. The number of hydrogen-bond donors (Lipinski definition) is 0. The number of rotatable bonds is 7. The van der Waals surface area contributed by atoms with Gasteiger partial charge < -0.3 is 14.2 Å². The highest BCUT2D eigenvalue weighted by Gasteiger charge is 2.31. The van der Waals surface area contributed by atoms with Gasteiger partial charge in [0.1, 0.15) is 5.82 Å². The van der Waals surface area contributed by atoms with E-state index in [0.29, 0.717) is 19.7 Å². The molecular weight excluding hydrogens is 328 g/mol. The van der Waals surface area contributed by atoms with E-state index in [1.807, 2.05) is 24.2 Å². The van der Waals surface area contributed by atoms with E-state index in [2.05, 4.69) is 45.6 Å². The van der Waals surface area contributed by atoms with Gasteiger partial charge in [-0.3, -0.25) is 9.69 Å². The number of hydrogen-bond acceptors (Lipinski definition) is 4. The number of piperazine rings is 1. The van der Waals surface area contributed by atoms with Crippen molar-refractivity contribution in [1.29, 1.82) is 0 Å². The van der Waals surface area contributed by atoms with Crippen molar-refractivity contribution in [2.24, 2.45) is 0 Å². The van der Waals surface area contributed by atoms with Gasteiger partial charge in [-0.1, -0.05) is 29.8 Å². The zero-order valence-electron chi connectivity index (χ0n) is 15.9. The van der Waals surface area contributed by atoms with Crippen LogP contribution in [0.25, 0.3) is 0 Å². The second-order valence-corrected chi connectivity index (χ2v) is 6.92. The van der Waals surface area contributed by atoms with Crippen LogP contribution < -0.4 is 0 Å². The third-order valence-electron chi connectivity index (χ3n) is 5.01. The van der Waals surface area contributed by atoms with Crippen LogP contribution in [0.5, 0.6) is 0 Å². The number of amides is 1. The molecule has 1 saturated heterocycles. The van der Waals surface area contributed by atoms with E-state index in [4.69, 9.17) is 4.74 Å². The Balaban J connectivity index is 1.62. The third-order valence-corrected chi connectivity index (χ3v) is 5.01. The summed E-state index contributed by atoms with van der Waals surface area (Å²) >= 11 is 0. The first-order valence-corrected chi connectivity index (χ1v) is 9.16. The number of benzene rings is 1. The van der Waals surface area contributed by atoms with Crippen LogP contribution in [0.15, 0.2) is 36.7 Å². The Hall–Kier alpha value is -2.18. The molecule has 1 aliphatic heterocycles. The first kappa shape index (κ1) is 18.6. The molecule has 0 spiro atoms. The number of carbonyl (C=O) groups is 1. The summed E-state index contributed by atoms with van der Waals surface area (Å²) in [4.78, 5) is 21.5. The summed E-state index contributed by atoms with van der Waals surface area (Å²) in [7, 11) is 1.70. The zero-order valence-corrected chi connectivity index (χ0v) is 15.9. The predicted octanol–water partition coefficient (Wildman–Crippen LogP) is 2.07. The van der Waals surface area contributed by atoms with Gasteiger partial charge in [0.25, 0.3) is 0 Å². The Morgan fingerprint density at radius 3 is 2.88 bits per heavy atom. The SMILES string of the molecule is COCCn1ccnc1CN1CCN(Cc2cccc(C)c2)C(=O)C1C. The Bertz CT molecular complexity index is 743. The number of nitrogens with zero attached hydrogens (tertiary/aromatic N) is 4. The molecule has 1 atom stereocenters. The van der Waals surface area contributed by atoms with Gasteiger partial charge in [0.05, 0.1) is 19.2 Å². The van der Waals surface area contributed by atoms with Gasteiger partial charge in [0, 0.05) is 45.7 Å². The molecule has 1 amide bonds. The summed E-state index contributed by atoms with van der Waals surface area (Å²) in [5.41, 5.74) is 2.42. The van der Waals surface area contributed by atoms with Crippen LogP contribution in [-0.4, -0.2) is 58.1 Å². The summed E-state index contributed by atoms with van der Waals surface area (Å²) in [6.07, 6.45) is 3.78. The molecule has 1 unspecified atom stereocenters. The van der Waals surface area contributed by atoms with Crippen LogP contribution in [0.4, 0.5) is 0 Å². The van der Waals surface area contributed by atoms with Crippen LogP contribution in [0.1, 0.15) is 23.9 Å². The van der Waals surface area contributed by atoms with E-state index in [-0.39, 0.29) is 11.9 Å². The van der Waals surface area contributed by atoms with E-state index in [1.54, 1.807) is 7.11 Å². The Labute approximate surface area is 155 Å². The molecule has 1 aliphatic rings. The summed E-state index contributed by atoms with van der Waals surface area (Å²) in [6, 6.07) is 8.23. The fraction of sp³-hybridized carbons (Fsp3) is 0.500. The lowest BCUT2D eigenvalue weighted by molar-refractivity contribution is -0.142. The lowest BCUT2D eigenvalue weighted by Crippen LogP contribution is -2.55. The van der Waals surface area contributed by atoms with Crippen LogP contribution in [0.2, 0.25) is 0 Å². The molecule has 140 valence electrons. The molecule has 3 rings (SSSR count). The fourth-order valence-electron chi connectivity index (χ4n) is 3.44. The van der Waals surface area contributed by atoms with Gasteiger partial charge in [0.15, 0.2) is 0 Å². The molecule has 1 aromatic carbocycles. The highest BCUT2D eigenvalue weighted by Crippen LogP contribution is 2.17. The van der Waals surface area contributed by atoms with Crippen molar-refractivity contribution in [3.05, 3.63) is 53.6 Å². The average Bonchev–Trinajstić information content (AvgIpc) is 3.07. The molecule has 0 N–H and O–H groups in total. The van der Waals surface area contributed by atoms with Gasteiger partial charge in [-0.15, -0.1) is 0 Å². The number of aryl methyl sites for hydroxylation is 1. The zero-order chi connectivity index (χ0) is 18.5. The van der Waals surface area contributed by atoms with Crippen molar-refractivity contribution in [3.8, 4) is 0 Å². The lowest BCUT2D eigenvalue weighted by atomic mass is 10.1. The molecule has 2 aromatic rings. The summed E-state index contributed by atoms with van der Waals surface area (Å²) in [6.45, 7) is 8.48. The average molecular weight is 356 g/mol. The molecule has 0 saturated carbocycles. The van der Waals surface area contributed by atoms with Crippen LogP contribution in [0.3, 0.4) is 0 Å². The fourth-order valence-corrected chi connectivity index (χ4v) is 3.44. The number of carbonyl (C=O) groups excluding carboxylic acids is 1. The first-order chi connectivity index (χ1) is 12.6. The van der Waals surface area contributed by atoms with Crippen molar-refractivity contribution in [2.45, 2.75) is 39.5 Å². The van der Waals surface area contributed by atoms with Gasteiger partial charge in [0.2, 0.25) is 5.91 Å². The van der Waals surface area contributed by atoms with Crippen molar-refractivity contribution in [3.63, 3.8) is 0 Å². The minimum absolute atomic E-state index is 0.138. The quantitative estimate of drug-likeness (QED) is 0.762. The minimum atomic E-state index is -0.138. The maximum Gasteiger partial charge on any atom is 0.239 e. The van der Waals surface area contributed by atoms with Crippen molar-refractivity contribution in [2.75, 3.05) is 26.8 Å². The molecular formula is C20H28N4O2. The maximum absolute atomic E-state index is 12.8. The van der Waals surface area contributed by atoms with Crippen LogP contribution >= 0.6 is 0 Å². The van der Waals surface area contributed by atoms with Gasteiger partial charge in [-0.2, -0.15) is 0 Å². The second kappa shape index (κ2) is 8.47. The molecule has 6 heteroatoms. The summed E-state index contributed by atoms with van der Waals surface area (Å²) in [5.74, 6) is 1.17. The summed E-state index contributed by atoms with van der Waals surface area (Å²) in [5, 5.41) is 0. The van der Waals surface area contributed by atoms with Crippen LogP contribution in [0, 0.1) is 6.92 Å². The van der Waals surface area contributed by atoms with Gasteiger partial charge >= 0.3 is 0 Å². The lowest BCUT2D eigenvalue weighted by Gasteiger charge is -2.39. The van der Waals surface area contributed by atoms with E-state index in [1.165, 1.54) is 11.1 Å². The Morgan fingerprint density at radius 2 is 2.12 bits per heavy atom. The number of methoxy groups -OCH3 is 1. The summed E-state index contributed by atoms with van der Waals surface area (Å²) < 4.78 is 7.25. The normalized spacial score (nSPS) is 18.5. The molecule has 0 radical (unpaired) electrons. The molecule has 0 aliphatic carbocycles. The van der Waals surface area contributed by atoms with E-state index < -0.39 is 0 Å². The number of imidazole rings is 1. The molecule has 1 aromatic heterocycles. The smallest absolute Gasteiger partial charge is 0.239 e. The molecule has 26 heavy (non-hydrogen) atoms. The van der Waals surface area contributed by atoms with Crippen molar-refractivity contribution in [1.82, 2.24) is 19.4 Å². The van der Waals surface area contributed by atoms with E-state index >= 15 is 0 Å². The first-order valence-electron chi connectivity index (χ1n) is 9.16. The maximum atomic E-state index is 12.8. The molecule has 2 heterocycles. The highest BCUT2D eigenvalue weighted by atomic mass is 16.5.